The summed E-state index contributed by atoms with van der Waals surface area (Å²) >= 11 is 0. The number of carbonyl (C=O) groups excluding carboxylic acids is 1. The first kappa shape index (κ1) is 21.0. The van der Waals surface area contributed by atoms with E-state index in [4.69, 9.17) is 0 Å². The van der Waals surface area contributed by atoms with E-state index in [0.717, 1.165) is 31.2 Å². The molecule has 0 fully saturated rings. The van der Waals surface area contributed by atoms with Gasteiger partial charge >= 0.3 is 6.11 Å². The lowest BCUT2D eigenvalue weighted by Crippen LogP contribution is -2.26. The summed E-state index contributed by atoms with van der Waals surface area (Å²) < 4.78 is 41.1. The summed E-state index contributed by atoms with van der Waals surface area (Å²) in [6.45, 7) is 1.85. The van der Waals surface area contributed by atoms with Gasteiger partial charge in [-0.3, -0.25) is 4.79 Å². The third-order valence-electron chi connectivity index (χ3n) is 3.69. The van der Waals surface area contributed by atoms with Crippen LogP contribution in [0.3, 0.4) is 0 Å². The Morgan fingerprint density at radius 1 is 1.28 bits per heavy atom. The normalized spacial score (nSPS) is 17.1. The third kappa shape index (κ3) is 8.57. The van der Waals surface area contributed by atoms with E-state index in [2.05, 4.69) is 16.9 Å². The molecule has 138 valence electrons. The average molecular weight is 354 g/mol. The van der Waals surface area contributed by atoms with Gasteiger partial charge in [0, 0.05) is 5.92 Å². The summed E-state index contributed by atoms with van der Waals surface area (Å²) in [5.74, 6) is 0.630. The van der Waals surface area contributed by atoms with Crippen LogP contribution < -0.4 is 4.74 Å². The van der Waals surface area contributed by atoms with Gasteiger partial charge in [-0.25, -0.2) is 4.39 Å². The fourth-order valence-corrected chi connectivity index (χ4v) is 2.26. The molecule has 1 atom stereocenters. The van der Waals surface area contributed by atoms with Gasteiger partial charge in [0.05, 0.1) is 0 Å². The summed E-state index contributed by atoms with van der Waals surface area (Å²) in [4.78, 5) is 10.8. The summed E-state index contributed by atoms with van der Waals surface area (Å²) in [6, 6.07) is 6.05. The molecule has 25 heavy (non-hydrogen) atoms. The van der Waals surface area contributed by atoms with Crippen molar-refractivity contribution in [2.75, 3.05) is 6.67 Å². The highest BCUT2D eigenvalue weighted by molar-refractivity contribution is 5.78. The Bertz CT molecular complexity index is 577. The number of ketones is 1. The molecule has 0 amide bonds. The van der Waals surface area contributed by atoms with E-state index in [0.29, 0.717) is 11.7 Å². The zero-order valence-electron chi connectivity index (χ0n) is 14.7. The highest BCUT2D eigenvalue weighted by Gasteiger charge is 2.31. The number of allylic oxidation sites excluding steroid dienone is 3. The molecule has 0 aromatic heterocycles. The van der Waals surface area contributed by atoms with Gasteiger partial charge in [-0.1, -0.05) is 43.4 Å². The second-order valence-electron chi connectivity index (χ2n) is 5.84. The maximum atomic E-state index is 12.5. The summed E-state index contributed by atoms with van der Waals surface area (Å²) in [7, 11) is 0. The van der Waals surface area contributed by atoms with E-state index in [1.807, 2.05) is 19.1 Å². The number of hydrogen-bond donors (Lipinski definition) is 0. The van der Waals surface area contributed by atoms with E-state index in [-0.39, 0.29) is 5.75 Å². The molecule has 0 radical (unpaired) electrons. The summed E-state index contributed by atoms with van der Waals surface area (Å²) in [5.41, 5.74) is 0.887. The molecule has 0 N–H and O–H groups in total. The van der Waals surface area contributed by atoms with Gasteiger partial charge in [0.1, 0.15) is 11.5 Å². The van der Waals surface area contributed by atoms with Gasteiger partial charge in [-0.05, 0) is 50.3 Å². The van der Waals surface area contributed by atoms with Gasteiger partial charge in [0.15, 0.2) is 6.67 Å². The van der Waals surface area contributed by atoms with Gasteiger partial charge < -0.3 is 4.74 Å². The molecule has 0 spiro atoms. The van der Waals surface area contributed by atoms with Gasteiger partial charge in [-0.15, -0.1) is 0 Å². The molecule has 1 aliphatic carbocycles. The minimum atomic E-state index is -3.75. The van der Waals surface area contributed by atoms with Crippen LogP contribution in [0.25, 0.3) is 6.08 Å². The van der Waals surface area contributed by atoms with Crippen LogP contribution >= 0.6 is 0 Å². The molecule has 5 heteroatoms. The van der Waals surface area contributed by atoms with Crippen molar-refractivity contribution in [2.45, 2.75) is 45.6 Å². The average Bonchev–Trinajstić information content (AvgIpc) is 2.62. The van der Waals surface area contributed by atoms with Crippen LogP contribution in [0.2, 0.25) is 0 Å². The van der Waals surface area contributed by atoms with Gasteiger partial charge in [-0.2, -0.15) is 8.78 Å². The highest BCUT2D eigenvalue weighted by atomic mass is 19.3. The van der Waals surface area contributed by atoms with Crippen molar-refractivity contribution in [3.05, 3.63) is 48.1 Å². The first-order valence-corrected chi connectivity index (χ1v) is 8.42. The van der Waals surface area contributed by atoms with Gasteiger partial charge in [0.25, 0.3) is 0 Å². The molecule has 1 aliphatic rings. The van der Waals surface area contributed by atoms with Crippen molar-refractivity contribution in [2.24, 2.45) is 5.92 Å². The molecule has 1 aromatic carbocycles. The maximum Gasteiger partial charge on any atom is 0.427 e. The fraction of sp³-hybridized carbons (Fsp3) is 0.450. The quantitative estimate of drug-likeness (QED) is 0.587. The zero-order valence-corrected chi connectivity index (χ0v) is 14.7. The number of halogens is 3. The maximum absolute atomic E-state index is 12.5. The molecule has 2 nitrogen and oxygen atoms in total. The van der Waals surface area contributed by atoms with Crippen LogP contribution in [0.15, 0.2) is 42.5 Å². The molecular formula is C20H25F3O2. The number of Topliss-reactive ketones (excluding diaryl/α,β-unsaturated/α-hetero) is 1. The molecule has 0 saturated carbocycles. The van der Waals surface area contributed by atoms with Gasteiger partial charge in [0.2, 0.25) is 0 Å². The molecule has 1 aromatic rings. The van der Waals surface area contributed by atoms with Crippen molar-refractivity contribution in [3.63, 3.8) is 0 Å². The highest BCUT2D eigenvalue weighted by Crippen LogP contribution is 2.22. The Morgan fingerprint density at radius 2 is 1.96 bits per heavy atom. The number of benzene rings is 1. The molecule has 0 saturated heterocycles. The topological polar surface area (TPSA) is 26.3 Å². The Hall–Kier alpha value is -2.04. The second-order valence-corrected chi connectivity index (χ2v) is 5.84. The molecular weight excluding hydrogens is 329 g/mol. The Balaban J connectivity index is 0.000000293. The van der Waals surface area contributed by atoms with E-state index in [9.17, 15) is 18.0 Å². The first-order chi connectivity index (χ1) is 11.9. The molecule has 0 aliphatic heterocycles. The molecule has 0 heterocycles. The third-order valence-corrected chi connectivity index (χ3v) is 3.69. The SMILES string of the molecule is CC(=O)C1CC=CCC1.CC/C=C\c1ccc(OC(F)(F)CF)cc1. The minimum Gasteiger partial charge on any atom is -0.431 e. The Morgan fingerprint density at radius 3 is 2.40 bits per heavy atom. The molecule has 0 bridgehead atoms. The van der Waals surface area contributed by atoms with Crippen molar-refractivity contribution in [1.29, 1.82) is 0 Å². The zero-order chi connectivity index (χ0) is 18.7. The van der Waals surface area contributed by atoms with E-state index >= 15 is 0 Å². The minimum absolute atomic E-state index is 0.0451. The van der Waals surface area contributed by atoms with E-state index < -0.39 is 12.8 Å². The second kappa shape index (κ2) is 10.7. The van der Waals surface area contributed by atoms with Crippen LogP contribution in [0.1, 0.15) is 45.1 Å². The standard InChI is InChI=1S/C12H13F3O.C8H12O/c1-2-3-4-10-5-7-11(8-6-10)16-12(14,15)9-13;1-7(9)8-5-3-2-4-6-8/h3-8H,2,9H2,1H3;2-3,8H,4-6H2,1H3/b4-3-;. The van der Waals surface area contributed by atoms with Crippen molar-refractivity contribution in [3.8, 4) is 5.75 Å². The van der Waals surface area contributed by atoms with Crippen LogP contribution in [0.5, 0.6) is 5.75 Å². The number of hydrogen-bond acceptors (Lipinski definition) is 2. The lowest BCUT2D eigenvalue weighted by molar-refractivity contribution is -0.186. The number of carbonyl (C=O) groups is 1. The Labute approximate surface area is 147 Å². The van der Waals surface area contributed by atoms with E-state index in [1.165, 1.54) is 12.1 Å². The summed E-state index contributed by atoms with van der Waals surface area (Å²) in [5, 5.41) is 0. The predicted molar refractivity (Wildman–Crippen MR) is 94.5 cm³/mol. The lowest BCUT2D eigenvalue weighted by atomic mass is 9.91. The first-order valence-electron chi connectivity index (χ1n) is 8.42. The number of rotatable bonds is 6. The number of ether oxygens (including phenoxy) is 1. The van der Waals surface area contributed by atoms with E-state index in [1.54, 1.807) is 19.1 Å². The van der Waals surface area contributed by atoms with Crippen molar-refractivity contribution >= 4 is 11.9 Å². The smallest absolute Gasteiger partial charge is 0.427 e. The van der Waals surface area contributed by atoms with Crippen molar-refractivity contribution in [1.82, 2.24) is 0 Å². The Kier molecular flexibility index (Phi) is 9.03. The lowest BCUT2D eigenvalue weighted by Gasteiger charge is -2.14. The largest absolute Gasteiger partial charge is 0.431 e. The summed E-state index contributed by atoms with van der Waals surface area (Å²) in [6.07, 6.45) is 8.35. The molecule has 1 unspecified atom stereocenters. The van der Waals surface area contributed by atoms with Crippen LogP contribution in [-0.2, 0) is 4.79 Å². The number of alkyl halides is 3. The van der Waals surface area contributed by atoms with Crippen LogP contribution in [-0.4, -0.2) is 18.6 Å². The molecule has 2 rings (SSSR count). The monoisotopic (exact) mass is 354 g/mol. The van der Waals surface area contributed by atoms with Crippen molar-refractivity contribution < 1.29 is 22.7 Å². The predicted octanol–water partition coefficient (Wildman–Crippen LogP) is 5.98. The fourth-order valence-electron chi connectivity index (χ4n) is 2.26. The van der Waals surface area contributed by atoms with Crippen LogP contribution in [0.4, 0.5) is 13.2 Å². The van der Waals surface area contributed by atoms with Crippen LogP contribution in [0, 0.1) is 5.92 Å².